The van der Waals surface area contributed by atoms with E-state index in [-0.39, 0.29) is 12.3 Å². The zero-order valence-corrected chi connectivity index (χ0v) is 15.2. The molecule has 0 aliphatic heterocycles. The number of nitrogens with one attached hydrogen (secondary N) is 1. The number of thiophene rings is 1. The maximum Gasteiger partial charge on any atom is 0.341 e. The van der Waals surface area contributed by atoms with Crippen molar-refractivity contribution in [1.82, 2.24) is 0 Å². The highest BCUT2D eigenvalue weighted by molar-refractivity contribution is 7.17. The molecular weight excluding hydrogens is 342 g/mol. The van der Waals surface area contributed by atoms with Crippen LogP contribution in [0.15, 0.2) is 0 Å². The van der Waals surface area contributed by atoms with Gasteiger partial charge in [0.2, 0.25) is 5.91 Å². The normalized spacial score (nSPS) is 18.4. The Morgan fingerprint density at radius 1 is 1.16 bits per heavy atom. The minimum atomic E-state index is -0.978. The number of carbonyl (C=O) groups is 3. The van der Waals surface area contributed by atoms with Crippen LogP contribution in [-0.2, 0) is 27.2 Å². The Morgan fingerprint density at radius 2 is 1.88 bits per heavy atom. The van der Waals surface area contributed by atoms with Crippen molar-refractivity contribution in [3.8, 4) is 0 Å². The van der Waals surface area contributed by atoms with E-state index in [9.17, 15) is 19.5 Å². The molecule has 3 rings (SSSR count). The molecule has 0 spiro atoms. The molecule has 0 radical (unpaired) electrons. The Kier molecular flexibility index (Phi) is 5.13. The molecule has 0 bridgehead atoms. The molecule has 2 N–H and O–H groups in total. The smallest absolute Gasteiger partial charge is 0.341 e. The molecule has 2 aliphatic rings. The summed E-state index contributed by atoms with van der Waals surface area (Å²) in [7, 11) is 1.33. The minimum absolute atomic E-state index is 0.0501. The first-order valence-corrected chi connectivity index (χ1v) is 9.54. The number of hydrogen-bond donors (Lipinski definition) is 2. The Labute approximate surface area is 150 Å². The van der Waals surface area contributed by atoms with Gasteiger partial charge in [-0.15, -0.1) is 11.3 Å². The third-order valence-electron chi connectivity index (χ3n) is 5.33. The zero-order valence-electron chi connectivity index (χ0n) is 14.4. The molecule has 1 fully saturated rings. The van der Waals surface area contributed by atoms with Gasteiger partial charge >= 0.3 is 11.9 Å². The molecule has 0 saturated heterocycles. The number of carbonyl (C=O) groups excluding carboxylic acids is 2. The summed E-state index contributed by atoms with van der Waals surface area (Å²) in [6.45, 7) is 0. The van der Waals surface area contributed by atoms with Crippen LogP contribution in [-0.4, -0.2) is 30.1 Å². The van der Waals surface area contributed by atoms with Crippen molar-refractivity contribution < 1.29 is 24.2 Å². The second kappa shape index (κ2) is 7.15. The van der Waals surface area contributed by atoms with Crippen molar-refractivity contribution >= 4 is 34.2 Å². The molecule has 7 heteroatoms. The number of methoxy groups -OCH3 is 1. The van der Waals surface area contributed by atoms with Crippen LogP contribution in [0.25, 0.3) is 0 Å². The second-order valence-corrected chi connectivity index (χ2v) is 8.03. The maximum atomic E-state index is 12.6. The highest BCUT2D eigenvalue weighted by atomic mass is 32.1. The average Bonchev–Trinajstić information content (AvgIpc) is 3.15. The summed E-state index contributed by atoms with van der Waals surface area (Å²) in [6, 6.07) is 0. The molecule has 1 aromatic heterocycles. The fraction of sp³-hybridized carbons (Fsp3) is 0.611. The van der Waals surface area contributed by atoms with Crippen LogP contribution >= 0.6 is 11.3 Å². The van der Waals surface area contributed by atoms with Gasteiger partial charge in [0.15, 0.2) is 0 Å². The van der Waals surface area contributed by atoms with Gasteiger partial charge in [-0.3, -0.25) is 9.59 Å². The number of carboxylic acid groups (broad SMARTS) is 1. The van der Waals surface area contributed by atoms with Crippen LogP contribution in [0.4, 0.5) is 5.00 Å². The number of aryl methyl sites for hydroxylation is 1. The van der Waals surface area contributed by atoms with Crippen LogP contribution in [0.3, 0.4) is 0 Å². The van der Waals surface area contributed by atoms with Crippen molar-refractivity contribution in [3.63, 3.8) is 0 Å². The Morgan fingerprint density at radius 3 is 2.52 bits per heavy atom. The molecule has 25 heavy (non-hydrogen) atoms. The van der Waals surface area contributed by atoms with Crippen LogP contribution in [0.1, 0.15) is 65.7 Å². The summed E-state index contributed by atoms with van der Waals surface area (Å²) in [4.78, 5) is 37.6. The van der Waals surface area contributed by atoms with Crippen molar-refractivity contribution in [2.45, 2.75) is 57.8 Å². The Bertz CT molecular complexity index is 703. The van der Waals surface area contributed by atoms with Crippen molar-refractivity contribution in [3.05, 3.63) is 16.0 Å². The number of carboxylic acids is 1. The number of ether oxygens (including phenoxy) is 1. The van der Waals surface area contributed by atoms with E-state index >= 15 is 0 Å². The number of rotatable bonds is 5. The predicted octanol–water partition coefficient (Wildman–Crippen LogP) is 3.39. The second-order valence-electron chi connectivity index (χ2n) is 6.92. The highest BCUT2D eigenvalue weighted by Crippen LogP contribution is 2.42. The molecule has 0 atom stereocenters. The van der Waals surface area contributed by atoms with Crippen LogP contribution in [0.5, 0.6) is 0 Å². The maximum absolute atomic E-state index is 12.6. The lowest BCUT2D eigenvalue weighted by atomic mass is 9.71. The van der Waals surface area contributed by atoms with E-state index in [0.717, 1.165) is 49.0 Å². The Balaban J connectivity index is 1.79. The molecule has 6 nitrogen and oxygen atoms in total. The van der Waals surface area contributed by atoms with Gasteiger partial charge in [-0.05, 0) is 37.7 Å². The largest absolute Gasteiger partial charge is 0.481 e. The van der Waals surface area contributed by atoms with E-state index in [4.69, 9.17) is 4.74 Å². The lowest BCUT2D eigenvalue weighted by Gasteiger charge is -2.32. The molecule has 1 heterocycles. The molecule has 136 valence electrons. The number of amides is 1. The third-order valence-corrected chi connectivity index (χ3v) is 6.53. The summed E-state index contributed by atoms with van der Waals surface area (Å²) >= 11 is 1.41. The Hall–Kier alpha value is -1.89. The van der Waals surface area contributed by atoms with E-state index in [1.165, 1.54) is 18.4 Å². The molecule has 1 amide bonds. The number of anilines is 1. The highest BCUT2D eigenvalue weighted by Gasteiger charge is 2.41. The summed E-state index contributed by atoms with van der Waals surface area (Å²) < 4.78 is 4.87. The first-order valence-electron chi connectivity index (χ1n) is 8.73. The summed E-state index contributed by atoms with van der Waals surface area (Å²) in [5.41, 5.74) is 0.437. The number of esters is 1. The molecule has 0 unspecified atom stereocenters. The van der Waals surface area contributed by atoms with Gasteiger partial charge in [-0.25, -0.2) is 4.79 Å². The van der Waals surface area contributed by atoms with Crippen LogP contribution in [0, 0.1) is 5.41 Å². The monoisotopic (exact) mass is 365 g/mol. The quantitative estimate of drug-likeness (QED) is 0.780. The van der Waals surface area contributed by atoms with Gasteiger partial charge in [0.25, 0.3) is 0 Å². The van der Waals surface area contributed by atoms with E-state index < -0.39 is 17.4 Å². The van der Waals surface area contributed by atoms with Gasteiger partial charge in [-0.1, -0.05) is 19.3 Å². The van der Waals surface area contributed by atoms with E-state index in [1.54, 1.807) is 0 Å². The first kappa shape index (κ1) is 17.9. The van der Waals surface area contributed by atoms with Crippen LogP contribution < -0.4 is 5.32 Å². The van der Waals surface area contributed by atoms with Gasteiger partial charge < -0.3 is 15.2 Å². The lowest BCUT2D eigenvalue weighted by molar-refractivity contribution is -0.153. The SMILES string of the molecule is COC(=O)c1c(NC(=O)CC2(C(=O)O)CCCCC2)sc2c1CCC2. The van der Waals surface area contributed by atoms with E-state index in [1.807, 2.05) is 0 Å². The molecule has 0 aromatic carbocycles. The summed E-state index contributed by atoms with van der Waals surface area (Å²) in [6.07, 6.45) is 6.40. The van der Waals surface area contributed by atoms with Crippen molar-refractivity contribution in [2.24, 2.45) is 5.41 Å². The molecular formula is C18H23NO5S. The molecule has 1 saturated carbocycles. The van der Waals surface area contributed by atoms with Crippen molar-refractivity contribution in [2.75, 3.05) is 12.4 Å². The lowest BCUT2D eigenvalue weighted by Crippen LogP contribution is -2.37. The van der Waals surface area contributed by atoms with Crippen molar-refractivity contribution in [1.29, 1.82) is 0 Å². The fourth-order valence-electron chi connectivity index (χ4n) is 3.98. The summed E-state index contributed by atoms with van der Waals surface area (Å²) in [5, 5.41) is 12.9. The van der Waals surface area contributed by atoms with E-state index in [2.05, 4.69) is 5.32 Å². The first-order chi connectivity index (χ1) is 12.0. The van der Waals surface area contributed by atoms with Crippen LogP contribution in [0.2, 0.25) is 0 Å². The van der Waals surface area contributed by atoms with Gasteiger partial charge in [0.1, 0.15) is 5.00 Å². The topological polar surface area (TPSA) is 92.7 Å². The standard InChI is InChI=1S/C18H23NO5S/c1-24-16(21)14-11-6-5-7-12(11)25-15(14)19-13(20)10-18(17(22)23)8-3-2-4-9-18/h2-10H2,1H3,(H,19,20)(H,22,23). The molecule has 2 aliphatic carbocycles. The average molecular weight is 365 g/mol. The summed E-state index contributed by atoms with van der Waals surface area (Å²) in [5.74, 6) is -1.68. The number of fused-ring (bicyclic) bond motifs is 1. The third kappa shape index (κ3) is 3.42. The number of aliphatic carboxylic acids is 1. The predicted molar refractivity (Wildman–Crippen MR) is 94.1 cm³/mol. The van der Waals surface area contributed by atoms with Gasteiger partial charge in [0, 0.05) is 11.3 Å². The minimum Gasteiger partial charge on any atom is -0.481 e. The fourth-order valence-corrected chi connectivity index (χ4v) is 5.28. The molecule has 1 aromatic rings. The zero-order chi connectivity index (χ0) is 18.0. The van der Waals surface area contributed by atoms with Gasteiger partial charge in [0.05, 0.1) is 18.1 Å². The van der Waals surface area contributed by atoms with E-state index in [0.29, 0.717) is 23.4 Å². The van der Waals surface area contributed by atoms with Gasteiger partial charge in [-0.2, -0.15) is 0 Å². The number of hydrogen-bond acceptors (Lipinski definition) is 5.